The molecule has 152 valence electrons. The number of hydrogen-bond acceptors (Lipinski definition) is 5. The number of methoxy groups -OCH3 is 3. The van der Waals surface area contributed by atoms with Crippen molar-refractivity contribution in [3.63, 3.8) is 0 Å². The molecule has 28 heavy (non-hydrogen) atoms. The molecule has 7 heteroatoms. The molecule has 0 radical (unpaired) electrons. The lowest BCUT2D eigenvalue weighted by Crippen LogP contribution is -2.39. The van der Waals surface area contributed by atoms with Gasteiger partial charge in [0.2, 0.25) is 10.0 Å². The summed E-state index contributed by atoms with van der Waals surface area (Å²) in [6, 6.07) is 12.9. The first-order chi connectivity index (χ1) is 13.5. The zero-order chi connectivity index (χ0) is 20.1. The Morgan fingerprint density at radius 2 is 1.50 bits per heavy atom. The molecule has 1 aliphatic heterocycles. The van der Waals surface area contributed by atoms with E-state index in [1.54, 1.807) is 23.5 Å². The van der Waals surface area contributed by atoms with Crippen LogP contribution < -0.4 is 14.2 Å². The summed E-state index contributed by atoms with van der Waals surface area (Å²) in [6.45, 7) is 1.01. The normalized spacial score (nSPS) is 16.0. The fourth-order valence-corrected chi connectivity index (χ4v) is 5.21. The van der Waals surface area contributed by atoms with Gasteiger partial charge in [0.15, 0.2) is 0 Å². The van der Waals surface area contributed by atoms with Crippen molar-refractivity contribution in [3.8, 4) is 17.2 Å². The lowest BCUT2D eigenvalue weighted by atomic mass is 9.91. The summed E-state index contributed by atoms with van der Waals surface area (Å²) in [5.41, 5.74) is 1.25. The van der Waals surface area contributed by atoms with Crippen LogP contribution in [0.3, 0.4) is 0 Å². The summed E-state index contributed by atoms with van der Waals surface area (Å²) in [5.74, 6) is 2.14. The van der Waals surface area contributed by atoms with E-state index < -0.39 is 10.0 Å². The molecule has 0 aliphatic carbocycles. The Morgan fingerprint density at radius 1 is 0.893 bits per heavy atom. The molecule has 1 heterocycles. The zero-order valence-corrected chi connectivity index (χ0v) is 17.4. The van der Waals surface area contributed by atoms with Gasteiger partial charge < -0.3 is 14.2 Å². The van der Waals surface area contributed by atoms with Crippen molar-refractivity contribution in [2.24, 2.45) is 5.92 Å². The van der Waals surface area contributed by atoms with Gasteiger partial charge in [-0.15, -0.1) is 0 Å². The number of hydrogen-bond donors (Lipinski definition) is 0. The Labute approximate surface area is 167 Å². The number of benzene rings is 2. The SMILES string of the molecule is COc1ccc(CC2CCN(S(=O)(=O)c3cc(OC)ccc3OC)CC2)cc1. The van der Waals surface area contributed by atoms with E-state index in [9.17, 15) is 8.42 Å². The lowest BCUT2D eigenvalue weighted by Gasteiger charge is -2.31. The topological polar surface area (TPSA) is 65.1 Å². The van der Waals surface area contributed by atoms with Crippen molar-refractivity contribution in [3.05, 3.63) is 48.0 Å². The molecule has 0 atom stereocenters. The van der Waals surface area contributed by atoms with Gasteiger partial charge >= 0.3 is 0 Å². The highest BCUT2D eigenvalue weighted by molar-refractivity contribution is 7.89. The minimum absolute atomic E-state index is 0.156. The summed E-state index contributed by atoms with van der Waals surface area (Å²) in [4.78, 5) is 0.156. The highest BCUT2D eigenvalue weighted by Gasteiger charge is 2.32. The molecule has 1 fully saturated rings. The number of rotatable bonds is 7. The summed E-state index contributed by atoms with van der Waals surface area (Å²) < 4.78 is 43.5. The van der Waals surface area contributed by atoms with E-state index in [-0.39, 0.29) is 4.90 Å². The molecule has 2 aromatic carbocycles. The summed E-state index contributed by atoms with van der Waals surface area (Å²) >= 11 is 0. The van der Waals surface area contributed by atoms with Crippen LogP contribution in [-0.4, -0.2) is 47.1 Å². The first kappa shape index (κ1) is 20.5. The largest absolute Gasteiger partial charge is 0.497 e. The summed E-state index contributed by atoms with van der Waals surface area (Å²) in [6.07, 6.45) is 2.61. The van der Waals surface area contributed by atoms with Gasteiger partial charge in [-0.2, -0.15) is 4.31 Å². The Morgan fingerprint density at radius 3 is 2.07 bits per heavy atom. The maximum absolute atomic E-state index is 13.1. The zero-order valence-electron chi connectivity index (χ0n) is 16.6. The number of piperidine rings is 1. The number of nitrogens with zero attached hydrogens (tertiary/aromatic N) is 1. The number of ether oxygens (including phenoxy) is 3. The molecule has 1 saturated heterocycles. The maximum Gasteiger partial charge on any atom is 0.246 e. The summed E-state index contributed by atoms with van der Waals surface area (Å²) in [5, 5.41) is 0. The van der Waals surface area contributed by atoms with Crippen LogP contribution >= 0.6 is 0 Å². The minimum atomic E-state index is -3.63. The quantitative estimate of drug-likeness (QED) is 0.707. The van der Waals surface area contributed by atoms with Gasteiger partial charge in [0.05, 0.1) is 21.3 Å². The van der Waals surface area contributed by atoms with E-state index >= 15 is 0 Å². The fraction of sp³-hybridized carbons (Fsp3) is 0.429. The van der Waals surface area contributed by atoms with Crippen molar-refractivity contribution >= 4 is 10.0 Å². The Hall–Kier alpha value is -2.25. The van der Waals surface area contributed by atoms with Crippen molar-refractivity contribution < 1.29 is 22.6 Å². The highest BCUT2D eigenvalue weighted by atomic mass is 32.2. The van der Waals surface area contributed by atoms with Crippen LogP contribution in [0.15, 0.2) is 47.4 Å². The van der Waals surface area contributed by atoms with Crippen LogP contribution in [0, 0.1) is 5.92 Å². The van der Waals surface area contributed by atoms with Gasteiger partial charge in [0, 0.05) is 19.2 Å². The van der Waals surface area contributed by atoms with Crippen molar-refractivity contribution in [1.82, 2.24) is 4.31 Å². The molecule has 1 aliphatic rings. The third kappa shape index (κ3) is 4.42. The van der Waals surface area contributed by atoms with Crippen LogP contribution in [0.1, 0.15) is 18.4 Å². The van der Waals surface area contributed by atoms with E-state index in [2.05, 4.69) is 12.1 Å². The second-order valence-corrected chi connectivity index (χ2v) is 8.82. The second kappa shape index (κ2) is 8.84. The first-order valence-electron chi connectivity index (χ1n) is 9.33. The molecule has 0 spiro atoms. The van der Waals surface area contributed by atoms with Crippen LogP contribution in [0.2, 0.25) is 0 Å². The van der Waals surface area contributed by atoms with E-state index in [0.717, 1.165) is 25.0 Å². The van der Waals surface area contributed by atoms with Gasteiger partial charge in [-0.1, -0.05) is 12.1 Å². The third-order valence-corrected chi connectivity index (χ3v) is 7.17. The van der Waals surface area contributed by atoms with E-state index in [1.165, 1.54) is 25.8 Å². The lowest BCUT2D eigenvalue weighted by molar-refractivity contribution is 0.271. The number of sulfonamides is 1. The molecule has 0 bridgehead atoms. The molecule has 3 rings (SSSR count). The molecule has 2 aromatic rings. The fourth-order valence-electron chi connectivity index (χ4n) is 3.57. The monoisotopic (exact) mass is 405 g/mol. The summed E-state index contributed by atoms with van der Waals surface area (Å²) in [7, 11) is 1.02. The molecular weight excluding hydrogens is 378 g/mol. The van der Waals surface area contributed by atoms with E-state index in [4.69, 9.17) is 14.2 Å². The van der Waals surface area contributed by atoms with Crippen LogP contribution in [-0.2, 0) is 16.4 Å². The van der Waals surface area contributed by atoms with Gasteiger partial charge in [-0.3, -0.25) is 0 Å². The van der Waals surface area contributed by atoms with Gasteiger partial charge in [0.25, 0.3) is 0 Å². The first-order valence-corrected chi connectivity index (χ1v) is 10.8. The van der Waals surface area contributed by atoms with Crippen molar-refractivity contribution in [1.29, 1.82) is 0 Å². The third-order valence-electron chi connectivity index (χ3n) is 5.25. The van der Waals surface area contributed by atoms with Crippen molar-refractivity contribution in [2.45, 2.75) is 24.2 Å². The van der Waals surface area contributed by atoms with Gasteiger partial charge in [0.1, 0.15) is 22.1 Å². The highest BCUT2D eigenvalue weighted by Crippen LogP contribution is 2.33. The molecule has 0 saturated carbocycles. The maximum atomic E-state index is 13.1. The average molecular weight is 406 g/mol. The van der Waals surface area contributed by atoms with Crippen molar-refractivity contribution in [2.75, 3.05) is 34.4 Å². The van der Waals surface area contributed by atoms with E-state index in [1.807, 2.05) is 12.1 Å². The van der Waals surface area contributed by atoms with Gasteiger partial charge in [-0.25, -0.2) is 8.42 Å². The molecule has 6 nitrogen and oxygen atoms in total. The minimum Gasteiger partial charge on any atom is -0.497 e. The van der Waals surface area contributed by atoms with Crippen LogP contribution in [0.4, 0.5) is 0 Å². The Balaban J connectivity index is 1.68. The average Bonchev–Trinajstić information content (AvgIpc) is 2.74. The van der Waals surface area contributed by atoms with Crippen LogP contribution in [0.25, 0.3) is 0 Å². The van der Waals surface area contributed by atoms with E-state index in [0.29, 0.717) is 30.5 Å². The molecule has 0 aromatic heterocycles. The van der Waals surface area contributed by atoms with Gasteiger partial charge in [-0.05, 0) is 55.0 Å². The standard InChI is InChI=1S/C21H27NO5S/c1-25-18-6-4-16(5-7-18)14-17-10-12-22(13-11-17)28(23,24)21-15-19(26-2)8-9-20(21)27-3/h4-9,15,17H,10-14H2,1-3H3. The molecule has 0 N–H and O–H groups in total. The molecule has 0 unspecified atom stereocenters. The predicted octanol–water partition coefficient (Wildman–Crippen LogP) is 3.36. The second-order valence-electron chi connectivity index (χ2n) is 6.92. The smallest absolute Gasteiger partial charge is 0.246 e. The molecule has 0 amide bonds. The Bertz CT molecular complexity index is 888. The predicted molar refractivity (Wildman–Crippen MR) is 108 cm³/mol. The molecular formula is C21H27NO5S. The Kier molecular flexibility index (Phi) is 6.46. The van der Waals surface area contributed by atoms with Crippen LogP contribution in [0.5, 0.6) is 17.2 Å².